The number of hydrogen-bond acceptors (Lipinski definition) is 5. The van der Waals surface area contributed by atoms with Crippen LogP contribution in [0.15, 0.2) is 29.3 Å². The summed E-state index contributed by atoms with van der Waals surface area (Å²) in [6, 6.07) is 8.06. The summed E-state index contributed by atoms with van der Waals surface area (Å²) in [5, 5.41) is 3.10. The lowest BCUT2D eigenvalue weighted by molar-refractivity contribution is 0.0322. The molecule has 1 fully saturated rings. The highest BCUT2D eigenvalue weighted by Gasteiger charge is 2.10. The SMILES string of the molecule is COCC(C)NC(N)=NCc1ccccc1OCCN1CCOCC1.I. The van der Waals surface area contributed by atoms with Gasteiger partial charge in [0.25, 0.3) is 0 Å². The summed E-state index contributed by atoms with van der Waals surface area (Å²) in [6.07, 6.45) is 0. The lowest BCUT2D eigenvalue weighted by atomic mass is 10.2. The smallest absolute Gasteiger partial charge is 0.189 e. The zero-order chi connectivity index (χ0) is 17.9. The molecule has 1 aliphatic heterocycles. The molecule has 0 aromatic heterocycles. The van der Waals surface area contributed by atoms with E-state index in [1.165, 1.54) is 0 Å². The summed E-state index contributed by atoms with van der Waals surface area (Å²) in [4.78, 5) is 6.75. The molecule has 1 saturated heterocycles. The predicted octanol–water partition coefficient (Wildman–Crippen LogP) is 1.45. The van der Waals surface area contributed by atoms with E-state index in [9.17, 15) is 0 Å². The van der Waals surface area contributed by atoms with Gasteiger partial charge in [-0.15, -0.1) is 24.0 Å². The number of para-hydroxylation sites is 1. The van der Waals surface area contributed by atoms with Gasteiger partial charge in [0.05, 0.1) is 26.4 Å². The summed E-state index contributed by atoms with van der Waals surface area (Å²) in [7, 11) is 1.66. The molecule has 26 heavy (non-hydrogen) atoms. The Balaban J connectivity index is 0.00000338. The van der Waals surface area contributed by atoms with E-state index in [0.717, 1.165) is 44.2 Å². The van der Waals surface area contributed by atoms with Crippen LogP contribution in [0.4, 0.5) is 0 Å². The van der Waals surface area contributed by atoms with E-state index in [1.54, 1.807) is 7.11 Å². The number of ether oxygens (including phenoxy) is 3. The number of hydrogen-bond donors (Lipinski definition) is 2. The molecule has 1 aromatic rings. The number of benzene rings is 1. The maximum absolute atomic E-state index is 5.96. The lowest BCUT2D eigenvalue weighted by Crippen LogP contribution is -2.40. The maximum atomic E-state index is 5.96. The molecule has 1 aromatic carbocycles. The summed E-state index contributed by atoms with van der Waals surface area (Å²) < 4.78 is 16.4. The zero-order valence-electron chi connectivity index (χ0n) is 15.6. The molecule has 1 unspecified atom stereocenters. The van der Waals surface area contributed by atoms with E-state index in [4.69, 9.17) is 19.9 Å². The van der Waals surface area contributed by atoms with Crippen LogP contribution in [0.25, 0.3) is 0 Å². The average molecular weight is 478 g/mol. The highest BCUT2D eigenvalue weighted by atomic mass is 127. The van der Waals surface area contributed by atoms with E-state index in [1.807, 2.05) is 31.2 Å². The Morgan fingerprint density at radius 3 is 2.81 bits per heavy atom. The van der Waals surface area contributed by atoms with Crippen molar-refractivity contribution in [2.45, 2.75) is 19.5 Å². The summed E-state index contributed by atoms with van der Waals surface area (Å²) in [6.45, 7) is 8.16. The fraction of sp³-hybridized carbons (Fsp3) is 0.611. The molecular formula is C18H31IN4O3. The predicted molar refractivity (Wildman–Crippen MR) is 114 cm³/mol. The van der Waals surface area contributed by atoms with Crippen molar-refractivity contribution in [2.24, 2.45) is 10.7 Å². The van der Waals surface area contributed by atoms with Crippen molar-refractivity contribution in [2.75, 3.05) is 53.2 Å². The monoisotopic (exact) mass is 478 g/mol. The van der Waals surface area contributed by atoms with Gasteiger partial charge in [0.15, 0.2) is 5.96 Å². The minimum absolute atomic E-state index is 0. The van der Waals surface area contributed by atoms with Gasteiger partial charge in [0.1, 0.15) is 12.4 Å². The molecule has 1 aliphatic rings. The Labute approximate surface area is 173 Å². The summed E-state index contributed by atoms with van der Waals surface area (Å²) in [5.41, 5.74) is 6.95. The second-order valence-electron chi connectivity index (χ2n) is 6.11. The third-order valence-corrected chi connectivity index (χ3v) is 3.97. The van der Waals surface area contributed by atoms with E-state index in [2.05, 4.69) is 15.2 Å². The first kappa shape index (κ1) is 22.9. The second kappa shape index (κ2) is 13.1. The van der Waals surface area contributed by atoms with Gasteiger partial charge >= 0.3 is 0 Å². The number of nitrogens with one attached hydrogen (secondary N) is 1. The first-order chi connectivity index (χ1) is 12.2. The Bertz CT molecular complexity index is 539. The number of halogens is 1. The third-order valence-electron chi connectivity index (χ3n) is 3.97. The van der Waals surface area contributed by atoms with Crippen LogP contribution in [0.5, 0.6) is 5.75 Å². The molecule has 0 amide bonds. The van der Waals surface area contributed by atoms with E-state index >= 15 is 0 Å². The van der Waals surface area contributed by atoms with Crippen molar-refractivity contribution in [1.29, 1.82) is 0 Å². The first-order valence-corrected chi connectivity index (χ1v) is 8.75. The largest absolute Gasteiger partial charge is 0.492 e. The van der Waals surface area contributed by atoms with Crippen LogP contribution in [0.2, 0.25) is 0 Å². The minimum Gasteiger partial charge on any atom is -0.492 e. The van der Waals surface area contributed by atoms with Crippen molar-refractivity contribution in [1.82, 2.24) is 10.2 Å². The van der Waals surface area contributed by atoms with E-state index in [-0.39, 0.29) is 30.0 Å². The number of nitrogens with two attached hydrogens (primary N) is 1. The van der Waals surface area contributed by atoms with Gasteiger partial charge < -0.3 is 25.3 Å². The van der Waals surface area contributed by atoms with Gasteiger partial charge in [-0.1, -0.05) is 18.2 Å². The maximum Gasteiger partial charge on any atom is 0.189 e. The first-order valence-electron chi connectivity index (χ1n) is 8.75. The minimum atomic E-state index is 0. The Morgan fingerprint density at radius 2 is 2.08 bits per heavy atom. The quantitative estimate of drug-likeness (QED) is 0.318. The highest BCUT2D eigenvalue weighted by Crippen LogP contribution is 2.18. The summed E-state index contributed by atoms with van der Waals surface area (Å²) >= 11 is 0. The van der Waals surface area contributed by atoms with Crippen LogP contribution < -0.4 is 15.8 Å². The molecule has 2 rings (SSSR count). The standard InChI is InChI=1S/C18H30N4O3.HI/c1-15(14-23-2)21-18(19)20-13-16-5-3-4-6-17(16)25-12-9-22-7-10-24-11-8-22;/h3-6,15H,7-14H2,1-2H3,(H3,19,20,21);1H. The number of aliphatic imine (C=N–C) groups is 1. The van der Waals surface area contributed by atoms with Crippen molar-refractivity contribution in [3.63, 3.8) is 0 Å². The number of guanidine groups is 1. The fourth-order valence-corrected chi connectivity index (χ4v) is 2.64. The van der Waals surface area contributed by atoms with Crippen molar-refractivity contribution < 1.29 is 14.2 Å². The van der Waals surface area contributed by atoms with Crippen molar-refractivity contribution in [3.05, 3.63) is 29.8 Å². The van der Waals surface area contributed by atoms with Crippen LogP contribution in [0.3, 0.4) is 0 Å². The molecular weight excluding hydrogens is 447 g/mol. The van der Waals surface area contributed by atoms with Crippen LogP contribution in [0, 0.1) is 0 Å². The molecule has 0 spiro atoms. The van der Waals surface area contributed by atoms with E-state index < -0.39 is 0 Å². The molecule has 1 atom stereocenters. The highest BCUT2D eigenvalue weighted by molar-refractivity contribution is 14.0. The second-order valence-corrected chi connectivity index (χ2v) is 6.11. The number of methoxy groups -OCH3 is 1. The molecule has 148 valence electrons. The molecule has 1 heterocycles. The van der Waals surface area contributed by atoms with Gasteiger partial charge in [-0.3, -0.25) is 4.90 Å². The number of nitrogens with zero attached hydrogens (tertiary/aromatic N) is 2. The van der Waals surface area contributed by atoms with Gasteiger partial charge in [0.2, 0.25) is 0 Å². The fourth-order valence-electron chi connectivity index (χ4n) is 2.64. The topological polar surface area (TPSA) is 81.3 Å². The number of rotatable bonds is 9. The summed E-state index contributed by atoms with van der Waals surface area (Å²) in [5.74, 6) is 1.27. The average Bonchev–Trinajstić information content (AvgIpc) is 2.62. The Hall–Kier alpha value is -1.10. The van der Waals surface area contributed by atoms with Crippen molar-refractivity contribution in [3.8, 4) is 5.75 Å². The van der Waals surface area contributed by atoms with Crippen LogP contribution >= 0.6 is 24.0 Å². The van der Waals surface area contributed by atoms with Gasteiger partial charge in [-0.05, 0) is 13.0 Å². The van der Waals surface area contributed by atoms with E-state index in [0.29, 0.717) is 25.7 Å². The molecule has 0 radical (unpaired) electrons. The normalized spacial score (nSPS) is 16.6. The van der Waals surface area contributed by atoms with Crippen molar-refractivity contribution >= 4 is 29.9 Å². The Morgan fingerprint density at radius 1 is 1.35 bits per heavy atom. The zero-order valence-corrected chi connectivity index (χ0v) is 18.0. The third kappa shape index (κ3) is 8.52. The molecule has 8 heteroatoms. The van der Waals surface area contributed by atoms with Gasteiger partial charge in [0, 0.05) is 38.3 Å². The molecule has 0 bridgehead atoms. The lowest BCUT2D eigenvalue weighted by Gasteiger charge is -2.26. The van der Waals surface area contributed by atoms with Crippen LogP contribution in [0.1, 0.15) is 12.5 Å². The van der Waals surface area contributed by atoms with Crippen LogP contribution in [-0.4, -0.2) is 70.1 Å². The molecule has 0 saturated carbocycles. The molecule has 3 N–H and O–H groups in total. The number of morpholine rings is 1. The molecule has 7 nitrogen and oxygen atoms in total. The van der Waals surface area contributed by atoms with Crippen LogP contribution in [-0.2, 0) is 16.0 Å². The van der Waals surface area contributed by atoms with Gasteiger partial charge in [-0.2, -0.15) is 0 Å². The van der Waals surface area contributed by atoms with Gasteiger partial charge in [-0.25, -0.2) is 4.99 Å². The Kier molecular flexibility index (Phi) is 11.6. The molecule has 0 aliphatic carbocycles.